The number of hydrogen-bond acceptors (Lipinski definition) is 5. The van der Waals surface area contributed by atoms with Crippen LogP contribution in [0.4, 0.5) is 10.1 Å². The lowest BCUT2D eigenvalue weighted by Gasteiger charge is -2.27. The zero-order chi connectivity index (χ0) is 23.8. The van der Waals surface area contributed by atoms with Crippen LogP contribution in [0.15, 0.2) is 72.8 Å². The molecule has 2 amide bonds. The first-order valence-corrected chi connectivity index (χ1v) is 11.0. The highest BCUT2D eigenvalue weighted by Gasteiger charge is 2.74. The Labute approximate surface area is 197 Å². The Bertz CT molecular complexity index is 1390. The molecule has 6 rings (SSSR count). The number of rotatable bonds is 2. The summed E-state index contributed by atoms with van der Waals surface area (Å²) in [6, 6.07) is 18.4. The third-order valence-electron chi connectivity index (χ3n) is 6.81. The van der Waals surface area contributed by atoms with Gasteiger partial charge in [0.2, 0.25) is 29.0 Å². The molecule has 1 aliphatic carbocycles. The Morgan fingerprint density at radius 2 is 1.44 bits per heavy atom. The fraction of sp³-hybridized carbons (Fsp3) is 0.154. The highest BCUT2D eigenvalue weighted by atomic mass is 35.5. The quantitative estimate of drug-likeness (QED) is 0.410. The van der Waals surface area contributed by atoms with Gasteiger partial charge >= 0.3 is 0 Å². The van der Waals surface area contributed by atoms with Crippen molar-refractivity contribution < 1.29 is 28.3 Å². The molecule has 2 heterocycles. The summed E-state index contributed by atoms with van der Waals surface area (Å²) in [5.41, 5.74) is -1.22. The molecule has 0 unspecified atom stereocenters. The molecule has 6 nitrogen and oxygen atoms in total. The minimum absolute atomic E-state index is 0.0631. The summed E-state index contributed by atoms with van der Waals surface area (Å²) in [5.74, 6) is -5.88. The van der Waals surface area contributed by atoms with Crippen molar-refractivity contribution in [1.29, 1.82) is 0 Å². The fourth-order valence-electron chi connectivity index (χ4n) is 5.34. The van der Waals surface area contributed by atoms with Crippen LogP contribution < -0.4 is 4.90 Å². The Kier molecular flexibility index (Phi) is 4.40. The van der Waals surface area contributed by atoms with E-state index >= 15 is 0 Å². The fourth-order valence-corrected chi connectivity index (χ4v) is 5.51. The van der Waals surface area contributed by atoms with E-state index in [9.17, 15) is 23.6 Å². The maximum absolute atomic E-state index is 13.8. The predicted octanol–water partition coefficient (Wildman–Crippen LogP) is 4.17. The van der Waals surface area contributed by atoms with Gasteiger partial charge in [-0.25, -0.2) is 9.29 Å². The van der Waals surface area contributed by atoms with E-state index in [0.717, 1.165) is 11.0 Å². The number of amides is 2. The van der Waals surface area contributed by atoms with E-state index < -0.39 is 52.7 Å². The van der Waals surface area contributed by atoms with Crippen molar-refractivity contribution in [2.45, 2.75) is 11.7 Å². The third kappa shape index (κ3) is 2.53. The van der Waals surface area contributed by atoms with Crippen LogP contribution in [0, 0.1) is 17.7 Å². The number of carbonyl (C=O) groups excluding carboxylic acids is 4. The molecule has 3 atom stereocenters. The van der Waals surface area contributed by atoms with E-state index in [1.54, 1.807) is 42.5 Å². The van der Waals surface area contributed by atoms with Gasteiger partial charge in [0.1, 0.15) is 5.82 Å². The summed E-state index contributed by atoms with van der Waals surface area (Å²) in [5, 5.41) is -0.263. The summed E-state index contributed by atoms with van der Waals surface area (Å²) in [6.07, 6.45) is -1.01. The largest absolute Gasteiger partial charge is 0.349 e. The number of carbonyl (C=O) groups is 4. The van der Waals surface area contributed by atoms with Crippen LogP contribution in [-0.2, 0) is 14.3 Å². The van der Waals surface area contributed by atoms with E-state index in [1.807, 2.05) is 0 Å². The van der Waals surface area contributed by atoms with Gasteiger partial charge in [0, 0.05) is 11.1 Å². The van der Waals surface area contributed by atoms with Gasteiger partial charge in [0.25, 0.3) is 0 Å². The van der Waals surface area contributed by atoms with E-state index in [2.05, 4.69) is 0 Å². The summed E-state index contributed by atoms with van der Waals surface area (Å²) in [4.78, 5) is 55.6. The molecule has 168 valence electrons. The first-order valence-electron chi connectivity index (χ1n) is 10.6. The van der Waals surface area contributed by atoms with Crippen molar-refractivity contribution >= 4 is 40.7 Å². The van der Waals surface area contributed by atoms with E-state index in [1.165, 1.54) is 24.3 Å². The molecule has 2 saturated heterocycles. The molecule has 0 bridgehead atoms. The SMILES string of the molecule is O=C1[C@H]2[C@@H](C(=O)N1c1ccc(F)c(Cl)c1)C1(O[C@H]2c2ccccc2)C(=O)c2ccccc2C1=O. The molecule has 0 radical (unpaired) electrons. The lowest BCUT2D eigenvalue weighted by Crippen LogP contribution is -2.51. The molecule has 0 saturated carbocycles. The Balaban J connectivity index is 1.55. The van der Waals surface area contributed by atoms with E-state index in [4.69, 9.17) is 16.3 Å². The zero-order valence-corrected chi connectivity index (χ0v) is 18.2. The van der Waals surface area contributed by atoms with Crippen molar-refractivity contribution in [3.8, 4) is 0 Å². The molecule has 2 fully saturated rings. The smallest absolute Gasteiger partial charge is 0.241 e. The van der Waals surface area contributed by atoms with E-state index in [0.29, 0.717) is 5.56 Å². The second-order valence-corrected chi connectivity index (χ2v) is 8.91. The van der Waals surface area contributed by atoms with Gasteiger partial charge in [0.15, 0.2) is 0 Å². The van der Waals surface area contributed by atoms with Crippen LogP contribution in [0.5, 0.6) is 0 Å². The monoisotopic (exact) mass is 475 g/mol. The molecule has 1 spiro atoms. The Hall–Kier alpha value is -3.68. The third-order valence-corrected chi connectivity index (χ3v) is 7.10. The maximum atomic E-state index is 13.8. The summed E-state index contributed by atoms with van der Waals surface area (Å²) in [7, 11) is 0. The normalized spacial score (nSPS) is 24.8. The number of Topliss-reactive ketones (excluding diaryl/α,β-unsaturated/α-hetero) is 2. The van der Waals surface area contributed by atoms with Crippen molar-refractivity contribution in [3.05, 3.63) is 100 Å². The molecule has 3 aliphatic rings. The highest BCUT2D eigenvalue weighted by molar-refractivity contribution is 6.37. The second-order valence-electron chi connectivity index (χ2n) is 8.50. The second kappa shape index (κ2) is 7.16. The number of halogens is 2. The minimum Gasteiger partial charge on any atom is -0.349 e. The van der Waals surface area contributed by atoms with Crippen LogP contribution in [0.1, 0.15) is 32.4 Å². The number of ketones is 2. The Morgan fingerprint density at radius 1 is 0.824 bits per heavy atom. The number of fused-ring (bicyclic) bond motifs is 3. The first kappa shape index (κ1) is 20.9. The number of hydrogen-bond donors (Lipinski definition) is 0. The molecule has 34 heavy (non-hydrogen) atoms. The average Bonchev–Trinajstić information content (AvgIpc) is 3.42. The van der Waals surface area contributed by atoms with Crippen molar-refractivity contribution in [2.75, 3.05) is 4.90 Å². The van der Waals surface area contributed by atoms with Gasteiger partial charge in [-0.05, 0) is 23.8 Å². The zero-order valence-electron chi connectivity index (χ0n) is 17.4. The van der Waals surface area contributed by atoms with Gasteiger partial charge in [-0.2, -0.15) is 0 Å². The van der Waals surface area contributed by atoms with Gasteiger partial charge in [0.05, 0.1) is 28.6 Å². The first-order chi connectivity index (χ1) is 16.4. The lowest BCUT2D eigenvalue weighted by molar-refractivity contribution is -0.127. The van der Waals surface area contributed by atoms with Crippen LogP contribution in [0.3, 0.4) is 0 Å². The topological polar surface area (TPSA) is 80.8 Å². The Morgan fingerprint density at radius 3 is 2.06 bits per heavy atom. The molecule has 0 N–H and O–H groups in total. The van der Waals surface area contributed by atoms with Gasteiger partial charge in [-0.15, -0.1) is 0 Å². The molecule has 2 aliphatic heterocycles. The van der Waals surface area contributed by atoms with Crippen LogP contribution in [0.25, 0.3) is 0 Å². The molecule has 0 aromatic heterocycles. The average molecular weight is 476 g/mol. The number of nitrogens with zero attached hydrogens (tertiary/aromatic N) is 1. The number of imide groups is 1. The molecule has 3 aromatic rings. The van der Waals surface area contributed by atoms with E-state index in [-0.39, 0.29) is 21.8 Å². The highest BCUT2D eigenvalue weighted by Crippen LogP contribution is 2.57. The van der Waals surface area contributed by atoms with Crippen molar-refractivity contribution in [1.82, 2.24) is 0 Å². The maximum Gasteiger partial charge on any atom is 0.241 e. The number of ether oxygens (including phenoxy) is 1. The molecule has 3 aromatic carbocycles. The molecule has 8 heteroatoms. The van der Waals surface area contributed by atoms with Crippen molar-refractivity contribution in [2.24, 2.45) is 11.8 Å². The molecular formula is C26H15ClFNO5. The minimum atomic E-state index is -2.15. The number of benzene rings is 3. The van der Waals surface area contributed by atoms with Gasteiger partial charge < -0.3 is 4.74 Å². The van der Waals surface area contributed by atoms with Crippen LogP contribution in [-0.4, -0.2) is 29.0 Å². The van der Waals surface area contributed by atoms with Crippen LogP contribution >= 0.6 is 11.6 Å². The summed E-state index contributed by atoms with van der Waals surface area (Å²) >= 11 is 5.90. The predicted molar refractivity (Wildman–Crippen MR) is 119 cm³/mol. The summed E-state index contributed by atoms with van der Waals surface area (Å²) < 4.78 is 19.9. The number of anilines is 1. The standard InChI is InChI=1S/C26H15ClFNO5/c27-17-12-14(10-11-18(17)28)29-24(32)19-20(25(29)33)26(34-21(19)13-6-2-1-3-7-13)22(30)15-8-4-5-9-16(15)23(26)31/h1-12,19-21H/t19-,20-,21-/m0/s1. The van der Waals surface area contributed by atoms with Crippen molar-refractivity contribution in [3.63, 3.8) is 0 Å². The lowest BCUT2D eigenvalue weighted by atomic mass is 9.77. The van der Waals surface area contributed by atoms with Crippen LogP contribution in [0.2, 0.25) is 5.02 Å². The summed E-state index contributed by atoms with van der Waals surface area (Å²) in [6.45, 7) is 0. The van der Waals surface area contributed by atoms with Gasteiger partial charge in [-0.1, -0.05) is 66.2 Å². The van der Waals surface area contributed by atoms with Gasteiger partial charge in [-0.3, -0.25) is 19.2 Å². The molecular weight excluding hydrogens is 461 g/mol.